The summed E-state index contributed by atoms with van der Waals surface area (Å²) in [5, 5.41) is 10.8. The fraction of sp³-hybridized carbons (Fsp3) is 0.471. The molecule has 1 atom stereocenters. The van der Waals surface area contributed by atoms with E-state index in [1.807, 2.05) is 20.8 Å². The van der Waals surface area contributed by atoms with Gasteiger partial charge in [-0.3, -0.25) is 10.1 Å². The van der Waals surface area contributed by atoms with Crippen LogP contribution in [0.2, 0.25) is 0 Å². The number of benzene rings is 1. The molecule has 0 bridgehead atoms. The third kappa shape index (κ3) is 5.62. The van der Waals surface area contributed by atoms with Crippen LogP contribution in [0.15, 0.2) is 18.2 Å². The quantitative estimate of drug-likeness (QED) is 0.348. The van der Waals surface area contributed by atoms with Crippen molar-refractivity contribution in [2.24, 2.45) is 5.41 Å². The lowest BCUT2D eigenvalue weighted by Gasteiger charge is -2.28. The SMILES string of the molecule is C#CCC(OC(=O)COc1ccc([N+](=O)[O-])c(C)c1)C(C)(C)C. The van der Waals surface area contributed by atoms with Crippen molar-refractivity contribution in [1.82, 2.24) is 0 Å². The number of nitrogens with zero attached hydrogens (tertiary/aromatic N) is 1. The van der Waals surface area contributed by atoms with E-state index in [0.717, 1.165) is 0 Å². The van der Waals surface area contributed by atoms with Gasteiger partial charge in [-0.25, -0.2) is 4.79 Å². The Hall–Kier alpha value is -2.55. The minimum Gasteiger partial charge on any atom is -0.482 e. The summed E-state index contributed by atoms with van der Waals surface area (Å²) in [6.45, 7) is 7.12. The van der Waals surface area contributed by atoms with Crippen molar-refractivity contribution in [1.29, 1.82) is 0 Å². The zero-order valence-electron chi connectivity index (χ0n) is 13.8. The van der Waals surface area contributed by atoms with Gasteiger partial charge in [0.05, 0.1) is 4.92 Å². The Morgan fingerprint density at radius 3 is 2.57 bits per heavy atom. The van der Waals surface area contributed by atoms with Gasteiger partial charge in [-0.1, -0.05) is 20.8 Å². The molecule has 0 saturated heterocycles. The molecule has 124 valence electrons. The number of nitro benzene ring substituents is 1. The van der Waals surface area contributed by atoms with Gasteiger partial charge in [0.25, 0.3) is 5.69 Å². The first-order valence-corrected chi connectivity index (χ1v) is 7.16. The summed E-state index contributed by atoms with van der Waals surface area (Å²) in [4.78, 5) is 22.2. The minimum absolute atomic E-state index is 0.00161. The predicted octanol–water partition coefficient (Wildman–Crippen LogP) is 3.26. The van der Waals surface area contributed by atoms with Crippen molar-refractivity contribution in [3.05, 3.63) is 33.9 Å². The van der Waals surface area contributed by atoms with Crippen molar-refractivity contribution in [3.63, 3.8) is 0 Å². The topological polar surface area (TPSA) is 78.7 Å². The Labute approximate surface area is 135 Å². The molecule has 0 aliphatic carbocycles. The smallest absolute Gasteiger partial charge is 0.344 e. The summed E-state index contributed by atoms with van der Waals surface area (Å²) < 4.78 is 10.7. The second-order valence-electron chi connectivity index (χ2n) is 6.25. The van der Waals surface area contributed by atoms with Crippen LogP contribution < -0.4 is 4.74 Å². The van der Waals surface area contributed by atoms with Crippen molar-refractivity contribution in [2.45, 2.75) is 40.2 Å². The Morgan fingerprint density at radius 2 is 2.09 bits per heavy atom. The predicted molar refractivity (Wildman–Crippen MR) is 86.1 cm³/mol. The second kappa shape index (κ2) is 7.63. The third-order valence-corrected chi connectivity index (χ3v) is 3.26. The number of esters is 1. The van der Waals surface area contributed by atoms with Gasteiger partial charge in [-0.05, 0) is 24.5 Å². The third-order valence-electron chi connectivity index (χ3n) is 3.26. The summed E-state index contributed by atoms with van der Waals surface area (Å²) in [6.07, 6.45) is 5.22. The first kappa shape index (κ1) is 18.5. The maximum Gasteiger partial charge on any atom is 0.344 e. The van der Waals surface area contributed by atoms with Gasteiger partial charge in [0.1, 0.15) is 11.9 Å². The van der Waals surface area contributed by atoms with Gasteiger partial charge < -0.3 is 9.47 Å². The van der Waals surface area contributed by atoms with E-state index in [1.165, 1.54) is 18.2 Å². The Bertz CT molecular complexity index is 625. The standard InChI is InChI=1S/C17H21NO5/c1-6-7-15(17(3,4)5)23-16(19)11-22-13-8-9-14(18(20)21)12(2)10-13/h1,8-10,15H,7,11H2,2-5H3. The number of carbonyl (C=O) groups is 1. The van der Waals surface area contributed by atoms with Crippen LogP contribution in [0.1, 0.15) is 32.8 Å². The van der Waals surface area contributed by atoms with Gasteiger partial charge in [0, 0.05) is 18.1 Å². The molecule has 1 aromatic rings. The van der Waals surface area contributed by atoms with Crippen LogP contribution in [0.25, 0.3) is 0 Å². The summed E-state index contributed by atoms with van der Waals surface area (Å²) in [5.74, 6) is 2.33. The van der Waals surface area contributed by atoms with Gasteiger partial charge in [0.2, 0.25) is 0 Å². The van der Waals surface area contributed by atoms with Crippen LogP contribution in [-0.2, 0) is 9.53 Å². The van der Waals surface area contributed by atoms with Crippen LogP contribution in [0.4, 0.5) is 5.69 Å². The van der Waals surface area contributed by atoms with Crippen molar-refractivity contribution < 1.29 is 19.2 Å². The molecule has 1 aromatic carbocycles. The number of terminal acetylenes is 1. The second-order valence-corrected chi connectivity index (χ2v) is 6.25. The molecule has 0 saturated carbocycles. The molecule has 0 aliphatic heterocycles. The van der Waals surface area contributed by atoms with E-state index in [2.05, 4.69) is 5.92 Å². The largest absolute Gasteiger partial charge is 0.482 e. The number of hydrogen-bond acceptors (Lipinski definition) is 5. The first-order chi connectivity index (χ1) is 10.6. The molecule has 0 heterocycles. The van der Waals surface area contributed by atoms with E-state index in [9.17, 15) is 14.9 Å². The molecule has 23 heavy (non-hydrogen) atoms. The van der Waals surface area contributed by atoms with Gasteiger partial charge in [0.15, 0.2) is 6.61 Å². The van der Waals surface area contributed by atoms with E-state index >= 15 is 0 Å². The molecular weight excluding hydrogens is 298 g/mol. The Kier molecular flexibility index (Phi) is 6.14. The van der Waals surface area contributed by atoms with Gasteiger partial charge >= 0.3 is 5.97 Å². The molecule has 0 amide bonds. The number of carbonyl (C=O) groups excluding carboxylic acids is 1. The van der Waals surface area contributed by atoms with Gasteiger partial charge in [-0.2, -0.15) is 0 Å². The van der Waals surface area contributed by atoms with Crippen LogP contribution in [0.3, 0.4) is 0 Å². The average Bonchev–Trinajstić information content (AvgIpc) is 2.43. The maximum absolute atomic E-state index is 11.9. The molecule has 1 unspecified atom stereocenters. The highest BCUT2D eigenvalue weighted by molar-refractivity contribution is 5.71. The normalized spacial score (nSPS) is 12.1. The first-order valence-electron chi connectivity index (χ1n) is 7.16. The van der Waals surface area contributed by atoms with E-state index < -0.39 is 17.0 Å². The van der Waals surface area contributed by atoms with Crippen LogP contribution in [0.5, 0.6) is 5.75 Å². The average molecular weight is 319 g/mol. The highest BCUT2D eigenvalue weighted by Gasteiger charge is 2.27. The maximum atomic E-state index is 11.9. The number of nitro groups is 1. The lowest BCUT2D eigenvalue weighted by molar-refractivity contribution is -0.385. The van der Waals surface area contributed by atoms with E-state index in [-0.39, 0.29) is 17.7 Å². The number of hydrogen-bond donors (Lipinski definition) is 0. The lowest BCUT2D eigenvalue weighted by atomic mass is 9.87. The highest BCUT2D eigenvalue weighted by atomic mass is 16.6. The summed E-state index contributed by atoms with van der Waals surface area (Å²) >= 11 is 0. The molecule has 6 heteroatoms. The number of aryl methyl sites for hydroxylation is 1. The zero-order valence-corrected chi connectivity index (χ0v) is 13.8. The highest BCUT2D eigenvalue weighted by Crippen LogP contribution is 2.25. The molecule has 0 spiro atoms. The Morgan fingerprint density at radius 1 is 1.43 bits per heavy atom. The van der Waals surface area contributed by atoms with Crippen LogP contribution >= 0.6 is 0 Å². The summed E-state index contributed by atoms with van der Waals surface area (Å²) in [6, 6.07) is 4.29. The molecular formula is C17H21NO5. The van der Waals surface area contributed by atoms with Gasteiger partial charge in [-0.15, -0.1) is 12.3 Å². The van der Waals surface area contributed by atoms with Crippen LogP contribution in [-0.4, -0.2) is 23.6 Å². The zero-order chi connectivity index (χ0) is 17.6. The molecule has 0 N–H and O–H groups in total. The van der Waals surface area contributed by atoms with E-state index in [0.29, 0.717) is 17.7 Å². The molecule has 0 aromatic heterocycles. The molecule has 1 rings (SSSR count). The summed E-state index contributed by atoms with van der Waals surface area (Å²) in [7, 11) is 0. The van der Waals surface area contributed by atoms with E-state index in [1.54, 1.807) is 6.92 Å². The van der Waals surface area contributed by atoms with Crippen molar-refractivity contribution in [3.8, 4) is 18.1 Å². The molecule has 0 fully saturated rings. The van der Waals surface area contributed by atoms with Crippen LogP contribution in [0, 0.1) is 34.8 Å². The monoisotopic (exact) mass is 319 g/mol. The van der Waals surface area contributed by atoms with Crippen molar-refractivity contribution in [2.75, 3.05) is 6.61 Å². The lowest BCUT2D eigenvalue weighted by Crippen LogP contribution is -2.33. The number of ether oxygens (including phenoxy) is 2. The fourth-order valence-electron chi connectivity index (χ4n) is 1.89. The minimum atomic E-state index is -0.531. The van der Waals surface area contributed by atoms with E-state index in [4.69, 9.17) is 15.9 Å². The Balaban J connectivity index is 2.64. The molecule has 6 nitrogen and oxygen atoms in total. The fourth-order valence-corrected chi connectivity index (χ4v) is 1.89. The molecule has 0 radical (unpaired) electrons. The summed E-state index contributed by atoms with van der Waals surface area (Å²) in [5.41, 5.74) is 0.189. The molecule has 0 aliphatic rings. The van der Waals surface area contributed by atoms with Crippen molar-refractivity contribution >= 4 is 11.7 Å². The number of rotatable bonds is 6.